The van der Waals surface area contributed by atoms with E-state index >= 15 is 0 Å². The summed E-state index contributed by atoms with van der Waals surface area (Å²) in [5, 5.41) is 2.30. The largest absolute Gasteiger partial charge is 0.455 e. The number of carbonyl (C=O) groups is 3. The summed E-state index contributed by atoms with van der Waals surface area (Å²) in [6.45, 7) is 2.25. The average molecular weight is 280 g/mol. The molecule has 0 radical (unpaired) electrons. The third-order valence-corrected chi connectivity index (χ3v) is 3.11. The van der Waals surface area contributed by atoms with Gasteiger partial charge >= 0.3 is 5.91 Å². The molecule has 2 rings (SSSR count). The van der Waals surface area contributed by atoms with E-state index < -0.39 is 5.91 Å². The van der Waals surface area contributed by atoms with Crippen molar-refractivity contribution in [3.8, 4) is 0 Å². The SMILES string of the molecule is CCC1C(=O)NC(=O)CN1Cc1ccc(C(=O)NN)o1. The summed E-state index contributed by atoms with van der Waals surface area (Å²) in [4.78, 5) is 36.1. The van der Waals surface area contributed by atoms with Crippen molar-refractivity contribution in [2.75, 3.05) is 6.54 Å². The lowest BCUT2D eigenvalue weighted by Gasteiger charge is -2.32. The second kappa shape index (κ2) is 5.85. The number of nitrogens with one attached hydrogen (secondary N) is 2. The zero-order valence-electron chi connectivity index (χ0n) is 11.0. The molecule has 0 spiro atoms. The Morgan fingerprint density at radius 1 is 1.55 bits per heavy atom. The Morgan fingerprint density at radius 3 is 2.95 bits per heavy atom. The van der Waals surface area contributed by atoms with E-state index in [1.54, 1.807) is 11.0 Å². The number of imide groups is 1. The first kappa shape index (κ1) is 14.2. The smallest absolute Gasteiger partial charge is 0.300 e. The molecule has 20 heavy (non-hydrogen) atoms. The molecular weight excluding hydrogens is 264 g/mol. The molecule has 3 amide bonds. The molecule has 1 fully saturated rings. The van der Waals surface area contributed by atoms with Gasteiger partial charge in [-0.15, -0.1) is 0 Å². The maximum atomic E-state index is 11.7. The molecule has 1 atom stereocenters. The van der Waals surface area contributed by atoms with Crippen molar-refractivity contribution in [2.45, 2.75) is 25.9 Å². The van der Waals surface area contributed by atoms with Gasteiger partial charge in [-0.05, 0) is 18.6 Å². The van der Waals surface area contributed by atoms with Crippen LogP contribution in [0.25, 0.3) is 0 Å². The number of nitrogen functional groups attached to an aromatic ring is 1. The number of carbonyl (C=O) groups excluding carboxylic acids is 3. The van der Waals surface area contributed by atoms with Gasteiger partial charge in [0.1, 0.15) is 5.76 Å². The molecule has 4 N–H and O–H groups in total. The minimum absolute atomic E-state index is 0.0864. The van der Waals surface area contributed by atoms with Crippen LogP contribution in [0.1, 0.15) is 29.7 Å². The number of amides is 3. The van der Waals surface area contributed by atoms with Crippen molar-refractivity contribution in [1.29, 1.82) is 0 Å². The second-order valence-electron chi connectivity index (χ2n) is 4.48. The van der Waals surface area contributed by atoms with E-state index in [1.165, 1.54) is 6.07 Å². The van der Waals surface area contributed by atoms with Gasteiger partial charge in [0.05, 0.1) is 19.1 Å². The molecule has 1 saturated heterocycles. The van der Waals surface area contributed by atoms with Gasteiger partial charge in [0, 0.05) is 0 Å². The van der Waals surface area contributed by atoms with Gasteiger partial charge in [-0.25, -0.2) is 5.84 Å². The van der Waals surface area contributed by atoms with Crippen LogP contribution in [-0.4, -0.2) is 35.2 Å². The zero-order valence-corrected chi connectivity index (χ0v) is 11.0. The first-order valence-electron chi connectivity index (χ1n) is 6.22. The summed E-state index contributed by atoms with van der Waals surface area (Å²) in [5.74, 6) is 4.40. The van der Waals surface area contributed by atoms with E-state index in [1.807, 2.05) is 12.3 Å². The fraction of sp³-hybridized carbons (Fsp3) is 0.417. The lowest BCUT2D eigenvalue weighted by atomic mass is 10.1. The molecule has 0 aromatic carbocycles. The van der Waals surface area contributed by atoms with Crippen LogP contribution in [0.3, 0.4) is 0 Å². The van der Waals surface area contributed by atoms with E-state index in [4.69, 9.17) is 10.3 Å². The molecule has 0 aliphatic carbocycles. The summed E-state index contributed by atoms with van der Waals surface area (Å²) < 4.78 is 5.33. The van der Waals surface area contributed by atoms with Crippen molar-refractivity contribution in [3.63, 3.8) is 0 Å². The highest BCUT2D eigenvalue weighted by molar-refractivity contribution is 6.01. The molecule has 2 heterocycles. The Kier molecular flexibility index (Phi) is 4.16. The molecule has 8 heteroatoms. The van der Waals surface area contributed by atoms with E-state index in [-0.39, 0.29) is 36.7 Å². The van der Waals surface area contributed by atoms with Gasteiger partial charge in [-0.2, -0.15) is 0 Å². The van der Waals surface area contributed by atoms with Gasteiger partial charge < -0.3 is 4.42 Å². The molecule has 1 aromatic heterocycles. The van der Waals surface area contributed by atoms with Crippen molar-refractivity contribution in [1.82, 2.24) is 15.6 Å². The van der Waals surface area contributed by atoms with Crippen molar-refractivity contribution in [2.24, 2.45) is 5.84 Å². The Morgan fingerprint density at radius 2 is 2.30 bits per heavy atom. The average Bonchev–Trinajstić information content (AvgIpc) is 2.86. The lowest BCUT2D eigenvalue weighted by Crippen LogP contribution is -2.57. The number of nitrogens with zero attached hydrogens (tertiary/aromatic N) is 1. The van der Waals surface area contributed by atoms with Crippen LogP contribution in [0.4, 0.5) is 0 Å². The van der Waals surface area contributed by atoms with Crippen molar-refractivity contribution < 1.29 is 18.8 Å². The summed E-state index contributed by atoms with van der Waals surface area (Å²) in [6.07, 6.45) is 0.579. The quantitative estimate of drug-likeness (QED) is 0.285. The van der Waals surface area contributed by atoms with Crippen molar-refractivity contribution in [3.05, 3.63) is 23.7 Å². The Hall–Kier alpha value is -2.19. The van der Waals surface area contributed by atoms with Crippen LogP contribution in [0.5, 0.6) is 0 Å². The third-order valence-electron chi connectivity index (χ3n) is 3.11. The molecule has 1 aliphatic rings. The second-order valence-corrected chi connectivity index (χ2v) is 4.48. The van der Waals surface area contributed by atoms with Gasteiger partial charge in [-0.3, -0.25) is 30.0 Å². The van der Waals surface area contributed by atoms with Crippen molar-refractivity contribution >= 4 is 17.7 Å². The number of rotatable bonds is 4. The predicted octanol–water partition coefficient (Wildman–Crippen LogP) is -0.880. The number of hydrazine groups is 1. The maximum Gasteiger partial charge on any atom is 0.300 e. The molecule has 8 nitrogen and oxygen atoms in total. The standard InChI is InChI=1S/C12H16N4O4/c1-2-8-11(18)14-10(17)6-16(8)5-7-3-4-9(20-7)12(19)15-13/h3-4,8H,2,5-6,13H2,1H3,(H,15,19)(H,14,17,18). The molecule has 108 valence electrons. The van der Waals surface area contributed by atoms with E-state index in [0.717, 1.165) is 0 Å². The number of piperazine rings is 1. The Bertz CT molecular complexity index is 539. The number of nitrogens with two attached hydrogens (primary N) is 1. The number of furan rings is 1. The molecule has 1 aromatic rings. The molecule has 0 bridgehead atoms. The third kappa shape index (κ3) is 2.86. The number of hydrogen-bond acceptors (Lipinski definition) is 6. The van der Waals surface area contributed by atoms with Crippen LogP contribution < -0.4 is 16.6 Å². The normalized spacial score (nSPS) is 19.8. The first-order chi connectivity index (χ1) is 9.55. The highest BCUT2D eigenvalue weighted by Crippen LogP contribution is 2.16. The molecule has 0 saturated carbocycles. The fourth-order valence-electron chi connectivity index (χ4n) is 2.19. The monoisotopic (exact) mass is 280 g/mol. The van der Waals surface area contributed by atoms with E-state index in [9.17, 15) is 14.4 Å². The van der Waals surface area contributed by atoms with E-state index in [2.05, 4.69) is 5.32 Å². The summed E-state index contributed by atoms with van der Waals surface area (Å²) in [5.41, 5.74) is 1.97. The molecule has 1 aliphatic heterocycles. The van der Waals surface area contributed by atoms with Crippen LogP contribution in [0.2, 0.25) is 0 Å². The van der Waals surface area contributed by atoms with Gasteiger partial charge in [-0.1, -0.05) is 6.92 Å². The highest BCUT2D eigenvalue weighted by atomic mass is 16.4. The highest BCUT2D eigenvalue weighted by Gasteiger charge is 2.32. The number of hydrogen-bond donors (Lipinski definition) is 3. The van der Waals surface area contributed by atoms with E-state index in [0.29, 0.717) is 12.2 Å². The minimum atomic E-state index is -0.532. The maximum absolute atomic E-state index is 11.7. The van der Waals surface area contributed by atoms with Gasteiger partial charge in [0.2, 0.25) is 11.8 Å². The fourth-order valence-corrected chi connectivity index (χ4v) is 2.19. The predicted molar refractivity (Wildman–Crippen MR) is 68.0 cm³/mol. The molecular formula is C12H16N4O4. The minimum Gasteiger partial charge on any atom is -0.455 e. The van der Waals surface area contributed by atoms with Crippen LogP contribution >= 0.6 is 0 Å². The molecule has 1 unspecified atom stereocenters. The summed E-state index contributed by atoms with van der Waals surface area (Å²) in [7, 11) is 0. The lowest BCUT2D eigenvalue weighted by molar-refractivity contribution is -0.140. The van der Waals surface area contributed by atoms with Crippen LogP contribution in [0.15, 0.2) is 16.5 Å². The summed E-state index contributed by atoms with van der Waals surface area (Å²) >= 11 is 0. The summed E-state index contributed by atoms with van der Waals surface area (Å²) in [6, 6.07) is 2.73. The topological polar surface area (TPSA) is 118 Å². The van der Waals surface area contributed by atoms with Crippen LogP contribution in [0, 0.1) is 0 Å². The van der Waals surface area contributed by atoms with Gasteiger partial charge in [0.15, 0.2) is 5.76 Å². The Balaban J connectivity index is 2.11. The Labute approximate surface area is 115 Å². The first-order valence-corrected chi connectivity index (χ1v) is 6.22. The van der Waals surface area contributed by atoms with Gasteiger partial charge in [0.25, 0.3) is 0 Å². The zero-order chi connectivity index (χ0) is 14.7. The van der Waals surface area contributed by atoms with Crippen LogP contribution in [-0.2, 0) is 16.1 Å².